The molecule has 2 fully saturated rings. The first kappa shape index (κ1) is 17.1. The molecule has 3 atom stereocenters. The average molecular weight is 355 g/mol. The Morgan fingerprint density at radius 1 is 1.15 bits per heavy atom. The largest absolute Gasteiger partial charge is 0.481 e. The van der Waals surface area contributed by atoms with Gasteiger partial charge in [0, 0.05) is 12.6 Å². The SMILES string of the molecule is CC(C)n1c(C2CCCN2C(=O)C2CCC2C(=O)O)nc2ccccc21. The van der Waals surface area contributed by atoms with Crippen molar-refractivity contribution in [2.75, 3.05) is 6.54 Å². The lowest BCUT2D eigenvalue weighted by atomic mass is 9.73. The van der Waals surface area contributed by atoms with Gasteiger partial charge in [0.1, 0.15) is 5.82 Å². The summed E-state index contributed by atoms with van der Waals surface area (Å²) in [4.78, 5) is 31.1. The van der Waals surface area contributed by atoms with E-state index in [2.05, 4.69) is 24.5 Å². The van der Waals surface area contributed by atoms with Crippen molar-refractivity contribution >= 4 is 22.9 Å². The molecule has 0 spiro atoms. The summed E-state index contributed by atoms with van der Waals surface area (Å²) in [5.41, 5.74) is 2.03. The van der Waals surface area contributed by atoms with Crippen molar-refractivity contribution in [1.29, 1.82) is 0 Å². The van der Waals surface area contributed by atoms with Gasteiger partial charge in [-0.15, -0.1) is 0 Å². The molecule has 138 valence electrons. The molecule has 1 amide bonds. The summed E-state index contributed by atoms with van der Waals surface area (Å²) in [6.07, 6.45) is 3.10. The summed E-state index contributed by atoms with van der Waals surface area (Å²) in [6, 6.07) is 8.24. The highest BCUT2D eigenvalue weighted by atomic mass is 16.4. The molecule has 4 rings (SSSR count). The van der Waals surface area contributed by atoms with Crippen LogP contribution in [-0.2, 0) is 9.59 Å². The van der Waals surface area contributed by atoms with Gasteiger partial charge in [-0.3, -0.25) is 9.59 Å². The molecule has 26 heavy (non-hydrogen) atoms. The summed E-state index contributed by atoms with van der Waals surface area (Å²) in [6.45, 7) is 4.95. The summed E-state index contributed by atoms with van der Waals surface area (Å²) in [5.74, 6) is -0.816. The third-order valence-corrected chi connectivity index (χ3v) is 5.88. The molecule has 6 heteroatoms. The fourth-order valence-corrected chi connectivity index (χ4v) is 4.44. The van der Waals surface area contributed by atoms with Crippen molar-refractivity contribution in [1.82, 2.24) is 14.5 Å². The molecule has 1 aromatic heterocycles. The highest BCUT2D eigenvalue weighted by molar-refractivity contribution is 5.87. The van der Waals surface area contributed by atoms with Crippen LogP contribution >= 0.6 is 0 Å². The molecule has 0 bridgehead atoms. The Morgan fingerprint density at radius 3 is 2.54 bits per heavy atom. The number of aliphatic carboxylic acids is 1. The molecule has 2 heterocycles. The van der Waals surface area contributed by atoms with Gasteiger partial charge < -0.3 is 14.6 Å². The normalized spacial score (nSPS) is 25.7. The summed E-state index contributed by atoms with van der Waals surface area (Å²) < 4.78 is 2.22. The van der Waals surface area contributed by atoms with Crippen LogP contribution in [0.2, 0.25) is 0 Å². The molecule has 1 saturated carbocycles. The standard InChI is InChI=1S/C20H25N3O3/c1-12(2)23-16-7-4-3-6-15(16)21-18(23)17-8-5-11-22(17)19(24)13-9-10-14(13)20(25)26/h3-4,6-7,12-14,17H,5,8-11H2,1-2H3,(H,25,26). The summed E-state index contributed by atoms with van der Waals surface area (Å²) in [7, 11) is 0. The van der Waals surface area contributed by atoms with Crippen LogP contribution < -0.4 is 0 Å². The molecular weight excluding hydrogens is 330 g/mol. The van der Waals surface area contributed by atoms with Gasteiger partial charge in [-0.25, -0.2) is 4.98 Å². The predicted octanol–water partition coefficient (Wildman–Crippen LogP) is 3.39. The molecular formula is C20H25N3O3. The maximum Gasteiger partial charge on any atom is 0.307 e. The van der Waals surface area contributed by atoms with Crippen LogP contribution in [0.3, 0.4) is 0 Å². The molecule has 1 aromatic carbocycles. The Hall–Kier alpha value is -2.37. The second-order valence-electron chi connectivity index (χ2n) is 7.74. The van der Waals surface area contributed by atoms with E-state index in [-0.39, 0.29) is 23.9 Å². The molecule has 1 N–H and O–H groups in total. The monoisotopic (exact) mass is 355 g/mol. The third kappa shape index (κ3) is 2.59. The van der Waals surface area contributed by atoms with Crippen LogP contribution in [0.15, 0.2) is 24.3 Å². The number of hydrogen-bond acceptors (Lipinski definition) is 3. The van der Waals surface area contributed by atoms with Gasteiger partial charge in [-0.05, 0) is 51.7 Å². The Morgan fingerprint density at radius 2 is 1.88 bits per heavy atom. The van der Waals surface area contributed by atoms with E-state index in [0.717, 1.165) is 29.7 Å². The highest BCUT2D eigenvalue weighted by Gasteiger charge is 2.46. The Balaban J connectivity index is 1.69. The second kappa shape index (κ2) is 6.41. The van der Waals surface area contributed by atoms with Crippen LogP contribution in [0.25, 0.3) is 11.0 Å². The number of carboxylic acids is 1. The fourth-order valence-electron chi connectivity index (χ4n) is 4.44. The number of amides is 1. The lowest BCUT2D eigenvalue weighted by Crippen LogP contribution is -2.46. The molecule has 0 radical (unpaired) electrons. The number of carbonyl (C=O) groups is 2. The number of carbonyl (C=O) groups excluding carboxylic acids is 1. The van der Waals surface area contributed by atoms with Crippen LogP contribution in [-0.4, -0.2) is 38.0 Å². The van der Waals surface area contributed by atoms with E-state index in [0.29, 0.717) is 19.4 Å². The number of para-hydroxylation sites is 2. The van der Waals surface area contributed by atoms with Gasteiger partial charge in [0.05, 0.1) is 28.9 Å². The maximum atomic E-state index is 13.0. The minimum atomic E-state index is -0.847. The number of nitrogens with zero attached hydrogens (tertiary/aromatic N) is 3. The number of carboxylic acid groups (broad SMARTS) is 1. The summed E-state index contributed by atoms with van der Waals surface area (Å²) >= 11 is 0. The van der Waals surface area contributed by atoms with Gasteiger partial charge in [0.2, 0.25) is 5.91 Å². The number of rotatable bonds is 4. The van der Waals surface area contributed by atoms with Crippen LogP contribution in [0, 0.1) is 11.8 Å². The number of likely N-dealkylation sites (tertiary alicyclic amines) is 1. The van der Waals surface area contributed by atoms with E-state index < -0.39 is 11.9 Å². The molecule has 3 unspecified atom stereocenters. The smallest absolute Gasteiger partial charge is 0.307 e. The topological polar surface area (TPSA) is 75.4 Å². The van der Waals surface area contributed by atoms with Gasteiger partial charge in [0.15, 0.2) is 0 Å². The minimum absolute atomic E-state index is 0.00601. The number of benzene rings is 1. The number of hydrogen-bond donors (Lipinski definition) is 1. The number of imidazole rings is 1. The van der Waals surface area contributed by atoms with E-state index in [1.54, 1.807) is 0 Å². The summed E-state index contributed by atoms with van der Waals surface area (Å²) in [5, 5.41) is 9.30. The Kier molecular flexibility index (Phi) is 4.21. The number of fused-ring (bicyclic) bond motifs is 1. The minimum Gasteiger partial charge on any atom is -0.481 e. The van der Waals surface area contributed by atoms with Crippen molar-refractivity contribution in [2.24, 2.45) is 11.8 Å². The van der Waals surface area contributed by atoms with E-state index in [4.69, 9.17) is 4.98 Å². The first-order valence-electron chi connectivity index (χ1n) is 9.49. The average Bonchev–Trinajstić information content (AvgIpc) is 3.17. The van der Waals surface area contributed by atoms with Crippen molar-refractivity contribution < 1.29 is 14.7 Å². The van der Waals surface area contributed by atoms with Gasteiger partial charge >= 0.3 is 5.97 Å². The number of aromatic nitrogens is 2. The highest BCUT2D eigenvalue weighted by Crippen LogP contribution is 2.41. The Bertz CT molecular complexity index is 857. The molecule has 2 aliphatic rings. The van der Waals surface area contributed by atoms with Crippen LogP contribution in [0.1, 0.15) is 57.4 Å². The predicted molar refractivity (Wildman–Crippen MR) is 97.7 cm³/mol. The zero-order valence-corrected chi connectivity index (χ0v) is 15.3. The maximum absolute atomic E-state index is 13.0. The first-order valence-corrected chi connectivity index (χ1v) is 9.49. The van der Waals surface area contributed by atoms with E-state index >= 15 is 0 Å². The molecule has 1 aliphatic heterocycles. The van der Waals surface area contributed by atoms with Gasteiger partial charge in [-0.1, -0.05) is 12.1 Å². The molecule has 1 saturated heterocycles. The second-order valence-corrected chi connectivity index (χ2v) is 7.74. The lowest BCUT2D eigenvalue weighted by Gasteiger charge is -2.37. The zero-order chi connectivity index (χ0) is 18.4. The van der Waals surface area contributed by atoms with Gasteiger partial charge in [-0.2, -0.15) is 0 Å². The first-order chi connectivity index (χ1) is 12.5. The quantitative estimate of drug-likeness (QED) is 0.912. The molecule has 6 nitrogen and oxygen atoms in total. The van der Waals surface area contributed by atoms with Crippen molar-refractivity contribution in [3.8, 4) is 0 Å². The Labute approximate surface area is 152 Å². The van der Waals surface area contributed by atoms with E-state index in [1.165, 1.54) is 0 Å². The van der Waals surface area contributed by atoms with Crippen molar-refractivity contribution in [2.45, 2.75) is 51.6 Å². The van der Waals surface area contributed by atoms with Crippen LogP contribution in [0.4, 0.5) is 0 Å². The fraction of sp³-hybridized carbons (Fsp3) is 0.550. The zero-order valence-electron chi connectivity index (χ0n) is 15.3. The van der Waals surface area contributed by atoms with Crippen molar-refractivity contribution in [3.63, 3.8) is 0 Å². The van der Waals surface area contributed by atoms with E-state index in [1.807, 2.05) is 23.1 Å². The third-order valence-electron chi connectivity index (χ3n) is 5.88. The van der Waals surface area contributed by atoms with Gasteiger partial charge in [0.25, 0.3) is 0 Å². The molecule has 2 aromatic rings. The molecule has 1 aliphatic carbocycles. The lowest BCUT2D eigenvalue weighted by molar-refractivity contribution is -0.157. The van der Waals surface area contributed by atoms with E-state index in [9.17, 15) is 14.7 Å². The van der Waals surface area contributed by atoms with Crippen LogP contribution in [0.5, 0.6) is 0 Å². The van der Waals surface area contributed by atoms with Crippen molar-refractivity contribution in [3.05, 3.63) is 30.1 Å².